The van der Waals surface area contributed by atoms with Crippen molar-refractivity contribution in [3.63, 3.8) is 0 Å². The average Bonchev–Trinajstić information content (AvgIpc) is 2.95. The van der Waals surface area contributed by atoms with Gasteiger partial charge in [0.25, 0.3) is 10.0 Å². The van der Waals surface area contributed by atoms with E-state index < -0.39 is 28.5 Å². The molecule has 2 atom stereocenters. The second-order valence-electron chi connectivity index (χ2n) is 9.87. The Hall–Kier alpha value is -3.36. The minimum Gasteiger partial charge on any atom is -0.352 e. The summed E-state index contributed by atoms with van der Waals surface area (Å²) in [6, 6.07) is 21.7. The van der Waals surface area contributed by atoms with Crippen LogP contribution in [0.5, 0.6) is 0 Å². The molecule has 7 nitrogen and oxygen atoms in total. The predicted molar refractivity (Wildman–Crippen MR) is 161 cm³/mol. The van der Waals surface area contributed by atoms with Crippen molar-refractivity contribution in [2.45, 2.75) is 63.9 Å². The Morgan fingerprint density at radius 2 is 1.52 bits per heavy atom. The molecule has 0 heterocycles. The van der Waals surface area contributed by atoms with Crippen molar-refractivity contribution in [2.75, 3.05) is 17.4 Å². The molecule has 0 unspecified atom stereocenters. The van der Waals surface area contributed by atoms with E-state index in [0.29, 0.717) is 23.6 Å². The number of nitrogens with one attached hydrogen (secondary N) is 1. The van der Waals surface area contributed by atoms with Crippen molar-refractivity contribution in [3.05, 3.63) is 95.0 Å². The van der Waals surface area contributed by atoms with Gasteiger partial charge in [-0.1, -0.05) is 73.5 Å². The number of amides is 2. The summed E-state index contributed by atoms with van der Waals surface area (Å²) in [6.07, 6.45) is 1.65. The molecule has 3 rings (SSSR count). The van der Waals surface area contributed by atoms with Gasteiger partial charge in [0.05, 0.1) is 10.6 Å². The van der Waals surface area contributed by atoms with Gasteiger partial charge in [0.1, 0.15) is 12.6 Å². The van der Waals surface area contributed by atoms with Crippen molar-refractivity contribution in [1.29, 1.82) is 0 Å². The summed E-state index contributed by atoms with van der Waals surface area (Å²) in [7, 11) is -4.11. The Morgan fingerprint density at radius 1 is 0.900 bits per heavy atom. The molecule has 0 aliphatic rings. The quantitative estimate of drug-likeness (QED) is 0.283. The van der Waals surface area contributed by atoms with E-state index in [9.17, 15) is 18.0 Å². The zero-order chi connectivity index (χ0) is 29.3. The fraction of sp³-hybridized carbons (Fsp3) is 0.355. The van der Waals surface area contributed by atoms with E-state index in [2.05, 4.69) is 5.32 Å². The molecule has 214 valence electrons. The molecule has 0 fully saturated rings. The number of halogens is 1. The second kappa shape index (κ2) is 14.3. The van der Waals surface area contributed by atoms with Crippen molar-refractivity contribution in [2.24, 2.45) is 0 Å². The highest BCUT2D eigenvalue weighted by molar-refractivity contribution is 7.92. The van der Waals surface area contributed by atoms with Gasteiger partial charge in [0.15, 0.2) is 0 Å². The summed E-state index contributed by atoms with van der Waals surface area (Å²) in [5, 5.41) is 3.43. The first kappa shape index (κ1) is 31.2. The number of nitrogens with zero attached hydrogens (tertiary/aromatic N) is 2. The van der Waals surface area contributed by atoms with Crippen LogP contribution in [0.3, 0.4) is 0 Å². The van der Waals surface area contributed by atoms with Gasteiger partial charge < -0.3 is 10.2 Å². The van der Waals surface area contributed by atoms with E-state index in [0.717, 1.165) is 21.9 Å². The highest BCUT2D eigenvalue weighted by Crippen LogP contribution is 2.26. The minimum absolute atomic E-state index is 0.0555. The molecule has 0 radical (unpaired) electrons. The fourth-order valence-corrected chi connectivity index (χ4v) is 5.85. The first-order valence-corrected chi connectivity index (χ1v) is 15.4. The summed E-state index contributed by atoms with van der Waals surface area (Å²) in [5.74, 6) is -0.717. The van der Waals surface area contributed by atoms with Crippen LogP contribution < -0.4 is 9.62 Å². The van der Waals surface area contributed by atoms with Gasteiger partial charge >= 0.3 is 0 Å². The van der Waals surface area contributed by atoms with Gasteiger partial charge in [-0.2, -0.15) is 0 Å². The van der Waals surface area contributed by atoms with Crippen LogP contribution in [-0.2, 0) is 26.0 Å². The molecular weight excluding hydrogens is 546 g/mol. The van der Waals surface area contributed by atoms with Crippen molar-refractivity contribution < 1.29 is 18.0 Å². The van der Waals surface area contributed by atoms with Crippen LogP contribution in [0.15, 0.2) is 83.8 Å². The van der Waals surface area contributed by atoms with Crippen molar-refractivity contribution in [1.82, 2.24) is 10.2 Å². The number of carbonyl (C=O) groups excluding carboxylic acids is 2. The molecule has 0 aliphatic heterocycles. The molecule has 0 saturated heterocycles. The van der Waals surface area contributed by atoms with Crippen LogP contribution in [0.2, 0.25) is 5.02 Å². The third kappa shape index (κ3) is 8.08. The van der Waals surface area contributed by atoms with Gasteiger partial charge in [0, 0.05) is 17.6 Å². The zero-order valence-corrected chi connectivity index (χ0v) is 25.1. The Morgan fingerprint density at radius 3 is 2.10 bits per heavy atom. The third-order valence-electron chi connectivity index (χ3n) is 6.87. The number of aryl methyl sites for hydroxylation is 1. The maximum atomic E-state index is 14.0. The normalized spacial score (nSPS) is 12.8. The third-order valence-corrected chi connectivity index (χ3v) is 8.91. The summed E-state index contributed by atoms with van der Waals surface area (Å²) in [5.41, 5.74) is 2.23. The van der Waals surface area contributed by atoms with Gasteiger partial charge in [-0.25, -0.2) is 8.42 Å². The Balaban J connectivity index is 2.00. The molecule has 1 N–H and O–H groups in total. The molecular formula is C31H38ClN3O4S. The number of rotatable bonds is 13. The lowest BCUT2D eigenvalue weighted by atomic mass is 10.1. The van der Waals surface area contributed by atoms with E-state index in [1.165, 1.54) is 17.0 Å². The van der Waals surface area contributed by atoms with Gasteiger partial charge in [0.2, 0.25) is 11.8 Å². The highest BCUT2D eigenvalue weighted by atomic mass is 35.5. The van der Waals surface area contributed by atoms with Crippen LogP contribution in [0.25, 0.3) is 0 Å². The highest BCUT2D eigenvalue weighted by Gasteiger charge is 2.33. The predicted octanol–water partition coefficient (Wildman–Crippen LogP) is 5.61. The molecule has 0 aromatic heterocycles. The maximum Gasteiger partial charge on any atom is 0.264 e. The Bertz CT molecular complexity index is 1360. The topological polar surface area (TPSA) is 86.8 Å². The van der Waals surface area contributed by atoms with E-state index in [1.807, 2.05) is 58.0 Å². The molecule has 0 spiro atoms. The number of hydrogen-bond donors (Lipinski definition) is 1. The van der Waals surface area contributed by atoms with Crippen LogP contribution in [-0.4, -0.2) is 50.3 Å². The van der Waals surface area contributed by atoms with Crippen LogP contribution in [0.4, 0.5) is 5.69 Å². The van der Waals surface area contributed by atoms with E-state index in [1.54, 1.807) is 36.4 Å². The minimum atomic E-state index is -4.11. The molecule has 9 heteroatoms. The summed E-state index contributed by atoms with van der Waals surface area (Å²) in [6.45, 7) is 7.40. The Labute approximate surface area is 243 Å². The number of benzene rings is 3. The molecule has 2 amide bonds. The molecule has 0 saturated carbocycles. The second-order valence-corrected chi connectivity index (χ2v) is 12.2. The summed E-state index contributed by atoms with van der Waals surface area (Å²) >= 11 is 6.08. The summed E-state index contributed by atoms with van der Waals surface area (Å²) in [4.78, 5) is 28.9. The smallest absolute Gasteiger partial charge is 0.264 e. The lowest BCUT2D eigenvalue weighted by molar-refractivity contribution is -0.139. The lowest BCUT2D eigenvalue weighted by Gasteiger charge is -2.33. The largest absolute Gasteiger partial charge is 0.352 e. The van der Waals surface area contributed by atoms with E-state index in [-0.39, 0.29) is 23.4 Å². The van der Waals surface area contributed by atoms with Gasteiger partial charge in [-0.15, -0.1) is 0 Å². The van der Waals surface area contributed by atoms with Gasteiger partial charge in [-0.3, -0.25) is 13.9 Å². The van der Waals surface area contributed by atoms with E-state index >= 15 is 0 Å². The van der Waals surface area contributed by atoms with Crippen molar-refractivity contribution >= 4 is 39.1 Å². The van der Waals surface area contributed by atoms with Crippen LogP contribution >= 0.6 is 11.6 Å². The van der Waals surface area contributed by atoms with Crippen LogP contribution in [0, 0.1) is 6.92 Å². The zero-order valence-electron chi connectivity index (χ0n) is 23.5. The number of anilines is 1. The molecule has 40 heavy (non-hydrogen) atoms. The van der Waals surface area contributed by atoms with Crippen LogP contribution in [0.1, 0.15) is 44.7 Å². The Kier molecular flexibility index (Phi) is 11.2. The maximum absolute atomic E-state index is 14.0. The SMILES string of the molecule is CC[C@H](C(=O)N[C@@H](C)CC)N(CCc1ccccc1)C(=O)CN(c1ccc(Cl)cc1)S(=O)(=O)c1ccc(C)cc1. The molecule has 3 aromatic carbocycles. The number of hydrogen-bond acceptors (Lipinski definition) is 4. The molecule has 0 bridgehead atoms. The number of carbonyl (C=O) groups is 2. The van der Waals surface area contributed by atoms with Crippen molar-refractivity contribution in [3.8, 4) is 0 Å². The number of sulfonamides is 1. The molecule has 0 aliphatic carbocycles. The lowest BCUT2D eigenvalue weighted by Crippen LogP contribution is -2.54. The van der Waals surface area contributed by atoms with Gasteiger partial charge in [-0.05, 0) is 75.1 Å². The fourth-order valence-electron chi connectivity index (χ4n) is 4.31. The van der Waals surface area contributed by atoms with E-state index in [4.69, 9.17) is 11.6 Å². The average molecular weight is 584 g/mol. The first-order valence-electron chi connectivity index (χ1n) is 13.6. The molecule has 3 aromatic rings. The first-order chi connectivity index (χ1) is 19.1. The monoisotopic (exact) mass is 583 g/mol. The summed E-state index contributed by atoms with van der Waals surface area (Å²) < 4.78 is 28.8. The standard InChI is InChI=1S/C31H38ClN3O4S/c1-5-24(4)33-31(37)29(6-2)34(21-20-25-10-8-7-9-11-25)30(36)22-35(27-16-14-26(32)15-17-27)40(38,39)28-18-12-23(3)13-19-28/h7-19,24,29H,5-6,20-22H2,1-4H3,(H,33,37)/t24-,29+/m0/s1.